The number of aromatic hydroxyl groups is 1. The van der Waals surface area contributed by atoms with Crippen LogP contribution >= 0.6 is 0 Å². The molecule has 3 N–H and O–H groups in total. The minimum atomic E-state index is -2.09. The first-order chi connectivity index (χ1) is 15.7. The fourth-order valence-corrected chi connectivity index (χ4v) is 3.42. The van der Waals surface area contributed by atoms with Crippen molar-refractivity contribution in [2.75, 3.05) is 5.73 Å². The molecule has 4 rings (SSSR count). The lowest BCUT2D eigenvalue weighted by Crippen LogP contribution is -2.37. The number of aromatic nitrogens is 5. The van der Waals surface area contributed by atoms with E-state index in [0.29, 0.717) is 0 Å². The lowest BCUT2D eigenvalue weighted by Gasteiger charge is -2.19. The summed E-state index contributed by atoms with van der Waals surface area (Å²) < 4.78 is 37.6. The third-order valence-corrected chi connectivity index (χ3v) is 4.81. The molecule has 33 heavy (non-hydrogen) atoms. The van der Waals surface area contributed by atoms with Crippen LogP contribution in [-0.4, -0.2) is 59.9 Å². The van der Waals surface area contributed by atoms with Crippen molar-refractivity contribution >= 4 is 29.1 Å². The Morgan fingerprint density at radius 1 is 1.36 bits per heavy atom. The van der Waals surface area contributed by atoms with Crippen LogP contribution in [0, 0.1) is 0 Å². The van der Waals surface area contributed by atoms with E-state index in [1.807, 2.05) is 0 Å². The molecule has 1 aliphatic heterocycles. The van der Waals surface area contributed by atoms with Gasteiger partial charge in [-0.1, -0.05) is 6.92 Å². The predicted octanol–water partition coefficient (Wildman–Crippen LogP) is -0.00500. The van der Waals surface area contributed by atoms with Gasteiger partial charge in [-0.3, -0.25) is 14.2 Å². The van der Waals surface area contributed by atoms with Crippen LogP contribution in [0.5, 0.6) is 5.88 Å². The molecule has 14 nitrogen and oxygen atoms in total. The van der Waals surface area contributed by atoms with Gasteiger partial charge in [-0.15, -0.1) is 0 Å². The number of hydrogen-bond donors (Lipinski definition) is 2. The van der Waals surface area contributed by atoms with Gasteiger partial charge in [-0.2, -0.15) is 4.98 Å². The molecular formula is C18H19FN6O8. The summed E-state index contributed by atoms with van der Waals surface area (Å²) in [5.41, 5.74) is 4.99. The molecule has 4 heterocycles. The van der Waals surface area contributed by atoms with E-state index in [1.165, 1.54) is 19.2 Å². The Kier molecular flexibility index (Phi) is 5.71. The molecular weight excluding hydrogens is 447 g/mol. The summed E-state index contributed by atoms with van der Waals surface area (Å²) in [6.45, 7) is 2.35. The fraction of sp³-hybridized carbons (Fsp3) is 0.444. The average molecular weight is 466 g/mol. The van der Waals surface area contributed by atoms with E-state index in [0.717, 1.165) is 16.1 Å². The molecule has 0 aliphatic carbocycles. The van der Waals surface area contributed by atoms with Crippen molar-refractivity contribution in [3.8, 4) is 5.88 Å². The lowest BCUT2D eigenvalue weighted by molar-refractivity contribution is -0.188. The Morgan fingerprint density at radius 3 is 2.76 bits per heavy atom. The Labute approximate surface area is 183 Å². The molecule has 3 aromatic rings. The maximum absolute atomic E-state index is 15.1. The Balaban J connectivity index is 1.83. The summed E-state index contributed by atoms with van der Waals surface area (Å²) in [5.74, 6) is -2.07. The number of hydrogen-bond acceptors (Lipinski definition) is 12. The van der Waals surface area contributed by atoms with Crippen molar-refractivity contribution in [1.82, 2.24) is 24.3 Å². The number of alkyl halides is 1. The van der Waals surface area contributed by atoms with Crippen molar-refractivity contribution < 1.29 is 37.8 Å². The second-order valence-electron chi connectivity index (χ2n) is 7.08. The van der Waals surface area contributed by atoms with Gasteiger partial charge in [0.15, 0.2) is 23.7 Å². The van der Waals surface area contributed by atoms with Crippen LogP contribution in [0.3, 0.4) is 0 Å². The maximum atomic E-state index is 15.1. The lowest BCUT2D eigenvalue weighted by atomic mass is 10.2. The van der Waals surface area contributed by atoms with Gasteiger partial charge in [0.05, 0.1) is 12.7 Å². The van der Waals surface area contributed by atoms with Crippen LogP contribution < -0.4 is 11.4 Å². The zero-order chi connectivity index (χ0) is 23.9. The second-order valence-corrected chi connectivity index (χ2v) is 7.08. The summed E-state index contributed by atoms with van der Waals surface area (Å²) >= 11 is 0. The fourth-order valence-electron chi connectivity index (χ4n) is 3.42. The number of nitrogens with two attached hydrogens (primary N) is 1. The van der Waals surface area contributed by atoms with Crippen LogP contribution in [0.2, 0.25) is 0 Å². The third kappa shape index (κ3) is 4.09. The first kappa shape index (κ1) is 22.2. The number of anilines is 1. The third-order valence-electron chi connectivity index (χ3n) is 4.81. The molecule has 15 heteroatoms. The van der Waals surface area contributed by atoms with Gasteiger partial charge >= 0.3 is 17.6 Å². The molecule has 0 radical (unpaired) electrons. The molecule has 176 valence electrons. The summed E-state index contributed by atoms with van der Waals surface area (Å²) in [5, 5.41) is 12.8. The van der Waals surface area contributed by atoms with Crippen LogP contribution in [0.1, 0.15) is 32.3 Å². The second kappa shape index (κ2) is 8.50. The molecule has 1 aliphatic rings. The SMILES string of the molecule is CCC(=O)O[C@H]1O[C@@H](n2c(=O)n(Cc3cc(O)no3)c3cnc(N)nc32)[C@H](OC(C)=O)[C@H]1F. The first-order valence-electron chi connectivity index (χ1n) is 9.73. The van der Waals surface area contributed by atoms with E-state index in [2.05, 4.69) is 15.1 Å². The predicted molar refractivity (Wildman–Crippen MR) is 104 cm³/mol. The summed E-state index contributed by atoms with van der Waals surface area (Å²) in [6, 6.07) is 1.19. The minimum Gasteiger partial charge on any atom is -0.491 e. The smallest absolute Gasteiger partial charge is 0.333 e. The molecule has 0 unspecified atom stereocenters. The number of nitrogens with zero attached hydrogens (tertiary/aromatic N) is 5. The van der Waals surface area contributed by atoms with E-state index in [4.69, 9.17) is 24.5 Å². The molecule has 0 bridgehead atoms. The number of esters is 2. The monoisotopic (exact) mass is 466 g/mol. The van der Waals surface area contributed by atoms with Crippen molar-refractivity contribution in [3.63, 3.8) is 0 Å². The highest BCUT2D eigenvalue weighted by molar-refractivity contribution is 5.72. The molecule has 4 atom stereocenters. The van der Waals surface area contributed by atoms with Crippen molar-refractivity contribution in [3.05, 3.63) is 28.5 Å². The maximum Gasteiger partial charge on any atom is 0.333 e. The minimum absolute atomic E-state index is 0.0531. The number of rotatable bonds is 6. The molecule has 0 saturated carbocycles. The number of halogens is 1. The van der Waals surface area contributed by atoms with Gasteiger partial charge in [-0.25, -0.2) is 18.7 Å². The standard InChI is InChI=1S/C18H19FN6O8/c1-3-11(28)31-16-12(19)13(30-7(2)26)15(32-16)25-14-9(5-21-17(20)22-14)24(18(25)29)6-8-4-10(27)23-33-8/h4-5,12-13,15-16H,3,6H2,1-2H3,(H,23,27)(H2,20,21,22)/t12-,13-,15-,16+/m1/s1. The van der Waals surface area contributed by atoms with Crippen molar-refractivity contribution in [2.24, 2.45) is 0 Å². The van der Waals surface area contributed by atoms with E-state index in [9.17, 15) is 19.5 Å². The summed E-state index contributed by atoms with van der Waals surface area (Å²) in [6.07, 6.45) is -5.81. The molecule has 1 fully saturated rings. The normalized spacial score (nSPS) is 22.5. The summed E-state index contributed by atoms with van der Waals surface area (Å²) in [4.78, 5) is 44.6. The highest BCUT2D eigenvalue weighted by Gasteiger charge is 2.51. The number of imidazole rings is 1. The van der Waals surface area contributed by atoms with Crippen LogP contribution in [0.15, 0.2) is 21.6 Å². The quantitative estimate of drug-likeness (QED) is 0.463. The van der Waals surface area contributed by atoms with Gasteiger partial charge < -0.3 is 29.6 Å². The van der Waals surface area contributed by atoms with Crippen LogP contribution in [0.25, 0.3) is 11.2 Å². The van der Waals surface area contributed by atoms with Gasteiger partial charge in [0.2, 0.25) is 18.4 Å². The first-order valence-corrected chi connectivity index (χ1v) is 9.73. The molecule has 0 aromatic carbocycles. The van der Waals surface area contributed by atoms with E-state index >= 15 is 4.39 Å². The number of fused-ring (bicyclic) bond motifs is 1. The van der Waals surface area contributed by atoms with Crippen LogP contribution in [-0.2, 0) is 30.3 Å². The Morgan fingerprint density at radius 2 is 2.12 bits per heavy atom. The number of nitrogen functional groups attached to an aromatic ring is 1. The number of carbonyl (C=O) groups is 2. The van der Waals surface area contributed by atoms with Crippen LogP contribution in [0.4, 0.5) is 10.3 Å². The topological polar surface area (TPSA) is 187 Å². The Hall–Kier alpha value is -4.01. The van der Waals surface area contributed by atoms with Crippen molar-refractivity contribution in [2.45, 2.75) is 51.6 Å². The highest BCUT2D eigenvalue weighted by atomic mass is 19.1. The summed E-state index contributed by atoms with van der Waals surface area (Å²) in [7, 11) is 0. The largest absolute Gasteiger partial charge is 0.491 e. The van der Waals surface area contributed by atoms with Gasteiger partial charge in [0.25, 0.3) is 5.88 Å². The van der Waals surface area contributed by atoms with Crippen molar-refractivity contribution in [1.29, 1.82) is 0 Å². The zero-order valence-electron chi connectivity index (χ0n) is 17.4. The molecule has 1 saturated heterocycles. The van der Waals surface area contributed by atoms with Gasteiger partial charge in [-0.05, 0) is 5.16 Å². The number of carbonyl (C=O) groups excluding carboxylic acids is 2. The van der Waals surface area contributed by atoms with E-state index < -0.39 is 48.3 Å². The highest BCUT2D eigenvalue weighted by Crippen LogP contribution is 2.35. The van der Waals surface area contributed by atoms with Gasteiger partial charge in [0.1, 0.15) is 5.52 Å². The Bertz CT molecular complexity index is 1270. The van der Waals surface area contributed by atoms with Gasteiger partial charge in [0, 0.05) is 19.4 Å². The van der Waals surface area contributed by atoms with E-state index in [1.54, 1.807) is 0 Å². The average Bonchev–Trinajstić information content (AvgIpc) is 3.38. The molecule has 0 spiro atoms. The zero-order valence-corrected chi connectivity index (χ0v) is 17.4. The number of ether oxygens (including phenoxy) is 3. The molecule has 3 aromatic heterocycles. The molecule has 0 amide bonds. The van der Waals surface area contributed by atoms with E-state index in [-0.39, 0.29) is 35.8 Å².